The van der Waals surface area contributed by atoms with E-state index in [1.54, 1.807) is 12.3 Å². The predicted octanol–water partition coefficient (Wildman–Crippen LogP) is 0.386. The number of hydrogen-bond acceptors (Lipinski definition) is 5. The maximum atomic E-state index is 11.2. The second-order valence-electron chi connectivity index (χ2n) is 2.38. The van der Waals surface area contributed by atoms with Crippen LogP contribution in [0, 0.1) is 4.64 Å². The summed E-state index contributed by atoms with van der Waals surface area (Å²) in [6.45, 7) is -0.338. The highest BCUT2D eigenvalue weighted by Crippen LogP contribution is 2.01. The first-order valence-corrected chi connectivity index (χ1v) is 4.18. The van der Waals surface area contributed by atoms with Crippen molar-refractivity contribution in [2.45, 2.75) is 0 Å². The third-order valence-corrected chi connectivity index (χ3v) is 1.75. The lowest BCUT2D eigenvalue weighted by molar-refractivity contribution is -0.136. The van der Waals surface area contributed by atoms with Gasteiger partial charge in [0.25, 0.3) is 0 Å². The van der Waals surface area contributed by atoms with E-state index < -0.39 is 11.9 Å². The van der Waals surface area contributed by atoms with Crippen LogP contribution < -0.4 is 5.73 Å². The number of aromatic nitrogens is 1. The summed E-state index contributed by atoms with van der Waals surface area (Å²) >= 11 is 4.82. The molecule has 74 valence electrons. The Kier molecular flexibility index (Phi) is 3.49. The summed E-state index contributed by atoms with van der Waals surface area (Å²) in [5.74, 6) is -1.57. The first-order valence-electron chi connectivity index (χ1n) is 3.78. The quantitative estimate of drug-likeness (QED) is 0.420. The summed E-state index contributed by atoms with van der Waals surface area (Å²) in [7, 11) is 0. The largest absolute Gasteiger partial charge is 0.388 e. The molecule has 0 aromatic carbocycles. The fourth-order valence-electron chi connectivity index (χ4n) is 0.782. The van der Waals surface area contributed by atoms with Crippen LogP contribution in [0.4, 0.5) is 0 Å². The third kappa shape index (κ3) is 2.48. The molecule has 1 aromatic heterocycles. The molecule has 1 aromatic rings. The Labute approximate surface area is 84.9 Å². The number of nitrogens with two attached hydrogens (primary N) is 1. The normalized spacial score (nSPS) is 9.50. The van der Waals surface area contributed by atoms with Gasteiger partial charge >= 0.3 is 11.9 Å². The molecule has 0 unspecified atom stereocenters. The molecule has 3 N–H and O–H groups in total. The minimum atomic E-state index is -0.790. The highest BCUT2D eigenvalue weighted by Gasteiger charge is 2.12. The van der Waals surface area contributed by atoms with E-state index in [0.29, 0.717) is 0 Å². The van der Waals surface area contributed by atoms with Crippen LogP contribution in [0.1, 0.15) is 10.4 Å². The molecule has 0 amide bonds. The molecule has 0 radical (unpaired) electrons. The third-order valence-electron chi connectivity index (χ3n) is 1.41. The van der Waals surface area contributed by atoms with E-state index in [1.165, 1.54) is 6.07 Å². The van der Waals surface area contributed by atoms with E-state index in [9.17, 15) is 9.59 Å². The standard InChI is InChI=1S/C8H8N2O3S/c9-4-6(11)13-8(12)5-2-1-3-10-7(5)14/h1-3H,4,9H2,(H,10,14). The molecule has 1 rings (SSSR count). The molecule has 0 spiro atoms. The van der Waals surface area contributed by atoms with Gasteiger partial charge in [0.2, 0.25) is 0 Å². The van der Waals surface area contributed by atoms with E-state index in [2.05, 4.69) is 9.72 Å². The molecule has 5 nitrogen and oxygen atoms in total. The predicted molar refractivity (Wildman–Crippen MR) is 51.1 cm³/mol. The van der Waals surface area contributed by atoms with Crippen molar-refractivity contribution in [3.8, 4) is 0 Å². The zero-order valence-electron chi connectivity index (χ0n) is 7.15. The van der Waals surface area contributed by atoms with Crippen LogP contribution in [0.15, 0.2) is 18.3 Å². The summed E-state index contributed by atoms with van der Waals surface area (Å²) in [6.07, 6.45) is 1.57. The Hall–Kier alpha value is -1.53. The number of carbonyl (C=O) groups is 2. The molecule has 1 heterocycles. The number of H-pyrrole nitrogens is 1. The molecule has 0 saturated carbocycles. The van der Waals surface area contributed by atoms with Crippen molar-refractivity contribution in [3.05, 3.63) is 28.5 Å². The minimum absolute atomic E-state index is 0.143. The number of rotatable bonds is 2. The summed E-state index contributed by atoms with van der Waals surface area (Å²) in [6, 6.07) is 3.05. The van der Waals surface area contributed by atoms with Gasteiger partial charge in [-0.1, -0.05) is 12.2 Å². The molecule has 6 heteroatoms. The van der Waals surface area contributed by atoms with Gasteiger partial charge in [-0.15, -0.1) is 0 Å². The van der Waals surface area contributed by atoms with Gasteiger partial charge in [0.15, 0.2) is 0 Å². The van der Waals surface area contributed by atoms with Crippen LogP contribution >= 0.6 is 12.2 Å². The van der Waals surface area contributed by atoms with Gasteiger partial charge in [0, 0.05) is 6.20 Å². The van der Waals surface area contributed by atoms with E-state index in [1.807, 2.05) is 0 Å². The molecule has 14 heavy (non-hydrogen) atoms. The Morgan fingerprint density at radius 3 is 2.86 bits per heavy atom. The van der Waals surface area contributed by atoms with Gasteiger partial charge in [0.05, 0.1) is 12.1 Å². The van der Waals surface area contributed by atoms with Crippen LogP contribution in [0.3, 0.4) is 0 Å². The van der Waals surface area contributed by atoms with E-state index in [-0.39, 0.29) is 16.7 Å². The molecule has 0 bridgehead atoms. The second-order valence-corrected chi connectivity index (χ2v) is 2.79. The van der Waals surface area contributed by atoms with Crippen LogP contribution in [0.2, 0.25) is 0 Å². The Bertz CT molecular complexity index is 413. The summed E-state index contributed by atoms with van der Waals surface area (Å²) < 4.78 is 4.60. The second kappa shape index (κ2) is 4.64. The molecular weight excluding hydrogens is 204 g/mol. The molecule has 0 atom stereocenters. The number of carbonyl (C=O) groups excluding carboxylic acids is 2. The fourth-order valence-corrected chi connectivity index (χ4v) is 1.00. The van der Waals surface area contributed by atoms with Crippen molar-refractivity contribution < 1.29 is 14.3 Å². The van der Waals surface area contributed by atoms with Gasteiger partial charge in [-0.25, -0.2) is 4.79 Å². The zero-order valence-corrected chi connectivity index (χ0v) is 7.97. The maximum Gasteiger partial charge on any atom is 0.348 e. The maximum absolute atomic E-state index is 11.2. The number of nitrogens with one attached hydrogen (secondary N) is 1. The molecular formula is C8H8N2O3S. The number of esters is 2. The molecule has 0 aliphatic rings. The Morgan fingerprint density at radius 1 is 1.57 bits per heavy atom. The summed E-state index contributed by atoms with van der Waals surface area (Å²) in [5, 5.41) is 0. The molecule has 0 saturated heterocycles. The Balaban J connectivity index is 2.86. The van der Waals surface area contributed by atoms with Gasteiger partial charge in [-0.2, -0.15) is 0 Å². The summed E-state index contributed by atoms with van der Waals surface area (Å²) in [5.41, 5.74) is 5.12. The first kappa shape index (κ1) is 10.6. The van der Waals surface area contributed by atoms with E-state index in [0.717, 1.165) is 0 Å². The van der Waals surface area contributed by atoms with Gasteiger partial charge in [-0.3, -0.25) is 4.79 Å². The molecule has 0 fully saturated rings. The Morgan fingerprint density at radius 2 is 2.29 bits per heavy atom. The molecule has 0 aliphatic heterocycles. The number of hydrogen-bond donors (Lipinski definition) is 2. The van der Waals surface area contributed by atoms with Crippen molar-refractivity contribution in [3.63, 3.8) is 0 Å². The van der Waals surface area contributed by atoms with E-state index in [4.69, 9.17) is 18.0 Å². The highest BCUT2D eigenvalue weighted by atomic mass is 32.1. The van der Waals surface area contributed by atoms with E-state index >= 15 is 0 Å². The lowest BCUT2D eigenvalue weighted by Gasteiger charge is -2.00. The monoisotopic (exact) mass is 212 g/mol. The van der Waals surface area contributed by atoms with Crippen molar-refractivity contribution >= 4 is 24.2 Å². The van der Waals surface area contributed by atoms with Crippen molar-refractivity contribution in [2.24, 2.45) is 5.73 Å². The fraction of sp³-hybridized carbons (Fsp3) is 0.125. The van der Waals surface area contributed by atoms with Crippen molar-refractivity contribution in [1.82, 2.24) is 4.98 Å². The lowest BCUT2D eigenvalue weighted by Crippen LogP contribution is -2.20. The van der Waals surface area contributed by atoms with Gasteiger partial charge in [-0.05, 0) is 12.1 Å². The summed E-state index contributed by atoms with van der Waals surface area (Å²) in [4.78, 5) is 24.6. The lowest BCUT2D eigenvalue weighted by atomic mass is 10.3. The molecule has 0 aliphatic carbocycles. The van der Waals surface area contributed by atoms with Gasteiger partial charge in [0.1, 0.15) is 4.64 Å². The van der Waals surface area contributed by atoms with Crippen LogP contribution in [0.25, 0.3) is 0 Å². The topological polar surface area (TPSA) is 85.2 Å². The van der Waals surface area contributed by atoms with Crippen molar-refractivity contribution in [1.29, 1.82) is 0 Å². The number of pyridine rings is 1. The number of ether oxygens (including phenoxy) is 1. The van der Waals surface area contributed by atoms with Crippen LogP contribution in [0.5, 0.6) is 0 Å². The minimum Gasteiger partial charge on any atom is -0.388 e. The zero-order chi connectivity index (χ0) is 10.6. The average Bonchev–Trinajstić information content (AvgIpc) is 2.18. The highest BCUT2D eigenvalue weighted by molar-refractivity contribution is 7.71. The van der Waals surface area contributed by atoms with Crippen molar-refractivity contribution in [2.75, 3.05) is 6.54 Å². The SMILES string of the molecule is NCC(=O)OC(=O)c1ccc[nH]c1=S. The smallest absolute Gasteiger partial charge is 0.348 e. The first-order chi connectivity index (χ1) is 6.65. The number of aromatic amines is 1. The van der Waals surface area contributed by atoms with Gasteiger partial charge < -0.3 is 15.5 Å². The average molecular weight is 212 g/mol. The van der Waals surface area contributed by atoms with Crippen LogP contribution in [-0.4, -0.2) is 23.5 Å². The van der Waals surface area contributed by atoms with Crippen LogP contribution in [-0.2, 0) is 9.53 Å².